The van der Waals surface area contributed by atoms with E-state index in [0.717, 1.165) is 12.3 Å². The van der Waals surface area contributed by atoms with Gasteiger partial charge in [0.15, 0.2) is 0 Å². The summed E-state index contributed by atoms with van der Waals surface area (Å²) in [5, 5.41) is 4.15. The SMILES string of the molecule is O=C(NCCC1CCCC1)c1ccc(F)c2ccccc12. The van der Waals surface area contributed by atoms with Gasteiger partial charge in [-0.15, -0.1) is 0 Å². The van der Waals surface area contributed by atoms with Crippen molar-refractivity contribution in [1.29, 1.82) is 0 Å². The van der Waals surface area contributed by atoms with Crippen molar-refractivity contribution in [3.8, 4) is 0 Å². The van der Waals surface area contributed by atoms with Crippen molar-refractivity contribution in [1.82, 2.24) is 5.32 Å². The highest BCUT2D eigenvalue weighted by molar-refractivity contribution is 6.07. The van der Waals surface area contributed by atoms with Crippen LogP contribution in [0.5, 0.6) is 0 Å². The molecule has 0 unspecified atom stereocenters. The van der Waals surface area contributed by atoms with E-state index in [9.17, 15) is 9.18 Å². The van der Waals surface area contributed by atoms with Crippen LogP contribution in [0, 0.1) is 11.7 Å². The summed E-state index contributed by atoms with van der Waals surface area (Å²) in [4.78, 5) is 12.3. The van der Waals surface area contributed by atoms with Crippen molar-refractivity contribution >= 4 is 16.7 Å². The number of rotatable bonds is 4. The van der Waals surface area contributed by atoms with Gasteiger partial charge in [0.05, 0.1) is 0 Å². The summed E-state index contributed by atoms with van der Waals surface area (Å²) in [6.45, 7) is 0.704. The fourth-order valence-electron chi connectivity index (χ4n) is 3.24. The van der Waals surface area contributed by atoms with Crippen LogP contribution in [0.15, 0.2) is 36.4 Å². The number of benzene rings is 2. The summed E-state index contributed by atoms with van der Waals surface area (Å²) in [5.41, 5.74) is 0.554. The second-order valence-electron chi connectivity index (χ2n) is 5.84. The maximum atomic E-state index is 13.8. The van der Waals surface area contributed by atoms with E-state index in [1.54, 1.807) is 24.3 Å². The average Bonchev–Trinajstić information content (AvgIpc) is 3.01. The van der Waals surface area contributed by atoms with Gasteiger partial charge in [-0.2, -0.15) is 0 Å². The van der Waals surface area contributed by atoms with Crippen LogP contribution in [-0.2, 0) is 0 Å². The maximum absolute atomic E-state index is 13.8. The molecule has 1 fully saturated rings. The standard InChI is InChI=1S/C18H20FNO/c19-17-10-9-16(14-7-3-4-8-15(14)17)18(21)20-12-11-13-5-1-2-6-13/h3-4,7-10,13H,1-2,5-6,11-12H2,(H,20,21). The molecule has 0 spiro atoms. The molecule has 1 amide bonds. The number of halogens is 1. The first-order valence-corrected chi connectivity index (χ1v) is 7.71. The second-order valence-corrected chi connectivity index (χ2v) is 5.84. The quantitative estimate of drug-likeness (QED) is 0.892. The zero-order valence-electron chi connectivity index (χ0n) is 12.1. The molecule has 0 heterocycles. The number of carbonyl (C=O) groups is 1. The molecule has 2 aromatic rings. The van der Waals surface area contributed by atoms with Crippen molar-refractivity contribution in [3.05, 3.63) is 47.8 Å². The molecular weight excluding hydrogens is 265 g/mol. The minimum absolute atomic E-state index is 0.107. The normalized spacial score (nSPS) is 15.5. The molecule has 0 atom stereocenters. The number of hydrogen-bond acceptors (Lipinski definition) is 1. The van der Waals surface area contributed by atoms with E-state index < -0.39 is 0 Å². The Labute approximate surface area is 124 Å². The van der Waals surface area contributed by atoms with Gasteiger partial charge in [0.2, 0.25) is 0 Å². The van der Waals surface area contributed by atoms with Crippen LogP contribution >= 0.6 is 0 Å². The van der Waals surface area contributed by atoms with Crippen molar-refractivity contribution in [3.63, 3.8) is 0 Å². The lowest BCUT2D eigenvalue weighted by Crippen LogP contribution is -2.25. The molecular formula is C18H20FNO. The zero-order chi connectivity index (χ0) is 14.7. The zero-order valence-corrected chi connectivity index (χ0v) is 12.1. The summed E-state index contributed by atoms with van der Waals surface area (Å²) in [5.74, 6) is 0.368. The van der Waals surface area contributed by atoms with E-state index in [1.165, 1.54) is 31.7 Å². The summed E-state index contributed by atoms with van der Waals surface area (Å²) in [6.07, 6.45) is 6.26. The molecule has 0 bridgehead atoms. The molecule has 21 heavy (non-hydrogen) atoms. The molecule has 1 aliphatic rings. The van der Waals surface area contributed by atoms with E-state index in [4.69, 9.17) is 0 Å². The van der Waals surface area contributed by atoms with Gasteiger partial charge in [-0.1, -0.05) is 49.9 Å². The Bertz CT molecular complexity index is 647. The van der Waals surface area contributed by atoms with E-state index in [0.29, 0.717) is 22.9 Å². The molecule has 3 heteroatoms. The summed E-state index contributed by atoms with van der Waals surface area (Å²) >= 11 is 0. The first-order chi connectivity index (χ1) is 10.3. The molecule has 2 nitrogen and oxygen atoms in total. The Morgan fingerprint density at radius 3 is 2.57 bits per heavy atom. The molecule has 0 radical (unpaired) electrons. The van der Waals surface area contributed by atoms with Gasteiger partial charge in [-0.05, 0) is 29.9 Å². The van der Waals surface area contributed by atoms with Gasteiger partial charge in [0, 0.05) is 17.5 Å². The minimum Gasteiger partial charge on any atom is -0.352 e. The van der Waals surface area contributed by atoms with E-state index in [1.807, 2.05) is 6.07 Å². The smallest absolute Gasteiger partial charge is 0.251 e. The molecule has 1 saturated carbocycles. The highest BCUT2D eigenvalue weighted by atomic mass is 19.1. The lowest BCUT2D eigenvalue weighted by molar-refractivity contribution is 0.0953. The van der Waals surface area contributed by atoms with Gasteiger partial charge >= 0.3 is 0 Å². The Kier molecular flexibility index (Phi) is 4.18. The van der Waals surface area contributed by atoms with Gasteiger partial charge in [-0.25, -0.2) is 4.39 Å². The van der Waals surface area contributed by atoms with Crippen LogP contribution < -0.4 is 5.32 Å². The number of fused-ring (bicyclic) bond motifs is 1. The number of carbonyl (C=O) groups excluding carboxylic acids is 1. The Hall–Kier alpha value is -1.90. The van der Waals surface area contributed by atoms with Crippen LogP contribution in [0.3, 0.4) is 0 Å². The number of nitrogens with one attached hydrogen (secondary N) is 1. The van der Waals surface area contributed by atoms with Crippen LogP contribution in [0.2, 0.25) is 0 Å². The third kappa shape index (κ3) is 3.07. The van der Waals surface area contributed by atoms with E-state index in [2.05, 4.69) is 5.32 Å². The minimum atomic E-state index is -0.284. The largest absolute Gasteiger partial charge is 0.352 e. The molecule has 0 saturated heterocycles. The fraction of sp³-hybridized carbons (Fsp3) is 0.389. The van der Waals surface area contributed by atoms with Gasteiger partial charge in [-0.3, -0.25) is 4.79 Å². The van der Waals surface area contributed by atoms with Gasteiger partial charge < -0.3 is 5.32 Å². The van der Waals surface area contributed by atoms with E-state index in [-0.39, 0.29) is 11.7 Å². The monoisotopic (exact) mass is 285 g/mol. The van der Waals surface area contributed by atoms with Crippen LogP contribution in [-0.4, -0.2) is 12.5 Å². The molecule has 0 aliphatic heterocycles. The van der Waals surface area contributed by atoms with Crippen LogP contribution in [0.1, 0.15) is 42.5 Å². The highest BCUT2D eigenvalue weighted by Crippen LogP contribution is 2.27. The molecule has 1 aliphatic carbocycles. The maximum Gasteiger partial charge on any atom is 0.251 e. The first-order valence-electron chi connectivity index (χ1n) is 7.71. The summed E-state index contributed by atoms with van der Waals surface area (Å²) in [6, 6.07) is 10.1. The molecule has 3 rings (SSSR count). The molecule has 1 N–H and O–H groups in total. The van der Waals surface area contributed by atoms with Crippen molar-refractivity contribution in [2.24, 2.45) is 5.92 Å². The predicted molar refractivity (Wildman–Crippen MR) is 82.8 cm³/mol. The third-order valence-electron chi connectivity index (χ3n) is 4.43. The summed E-state index contributed by atoms with van der Waals surface area (Å²) in [7, 11) is 0. The van der Waals surface area contributed by atoms with Gasteiger partial charge in [0.25, 0.3) is 5.91 Å². The first kappa shape index (κ1) is 14.1. The van der Waals surface area contributed by atoms with Crippen LogP contribution in [0.4, 0.5) is 4.39 Å². The molecule has 0 aromatic heterocycles. The fourth-order valence-corrected chi connectivity index (χ4v) is 3.24. The summed E-state index contributed by atoms with van der Waals surface area (Å²) < 4.78 is 13.8. The Balaban J connectivity index is 1.71. The lowest BCUT2D eigenvalue weighted by Gasteiger charge is -2.11. The average molecular weight is 285 g/mol. The van der Waals surface area contributed by atoms with Crippen molar-refractivity contribution in [2.75, 3.05) is 6.54 Å². The van der Waals surface area contributed by atoms with Crippen molar-refractivity contribution in [2.45, 2.75) is 32.1 Å². The van der Waals surface area contributed by atoms with Crippen molar-refractivity contribution < 1.29 is 9.18 Å². The Morgan fingerprint density at radius 1 is 1.10 bits per heavy atom. The predicted octanol–water partition coefficient (Wildman–Crippen LogP) is 4.29. The molecule has 110 valence electrons. The Morgan fingerprint density at radius 2 is 1.81 bits per heavy atom. The number of amides is 1. The highest BCUT2D eigenvalue weighted by Gasteiger charge is 2.16. The van der Waals surface area contributed by atoms with Gasteiger partial charge in [0.1, 0.15) is 5.82 Å². The lowest BCUT2D eigenvalue weighted by atomic mass is 10.0. The van der Waals surface area contributed by atoms with Crippen LogP contribution in [0.25, 0.3) is 10.8 Å². The topological polar surface area (TPSA) is 29.1 Å². The molecule has 2 aromatic carbocycles. The van der Waals surface area contributed by atoms with E-state index >= 15 is 0 Å². The number of hydrogen-bond donors (Lipinski definition) is 1. The third-order valence-corrected chi connectivity index (χ3v) is 4.43. The second kappa shape index (κ2) is 6.25.